The quantitative estimate of drug-likeness (QED) is 0.221. The van der Waals surface area contributed by atoms with E-state index < -0.39 is 40.0 Å². The topological polar surface area (TPSA) is 86.6 Å². The molecule has 0 bridgehead atoms. The van der Waals surface area contributed by atoms with E-state index in [1.165, 1.54) is 0 Å². The predicted molar refractivity (Wildman–Crippen MR) is 118 cm³/mol. The monoisotopic (exact) mass is 458 g/mol. The molecule has 0 aliphatic rings. The molecule has 0 saturated heterocycles. The van der Waals surface area contributed by atoms with Crippen molar-refractivity contribution in [2.45, 2.75) is 77.7 Å². The molecule has 0 aromatic rings. The molecule has 0 radical (unpaired) electrons. The zero-order valence-electron chi connectivity index (χ0n) is 18.8. The summed E-state index contributed by atoms with van der Waals surface area (Å²) >= 11 is 0. The molecule has 1 unspecified atom stereocenters. The van der Waals surface area contributed by atoms with Crippen molar-refractivity contribution in [3.05, 3.63) is 0 Å². The van der Waals surface area contributed by atoms with Crippen molar-refractivity contribution in [3.8, 4) is 0 Å². The molecule has 2 N–H and O–H groups in total. The summed E-state index contributed by atoms with van der Waals surface area (Å²) in [6, 6.07) is 0.860. The van der Waals surface area contributed by atoms with Gasteiger partial charge in [0.15, 0.2) is 22.9 Å². The van der Waals surface area contributed by atoms with Crippen molar-refractivity contribution >= 4 is 33.8 Å². The largest absolute Gasteiger partial charge is 0.437 e. The van der Waals surface area contributed by atoms with Crippen molar-refractivity contribution in [2.24, 2.45) is 0 Å². The van der Waals surface area contributed by atoms with Gasteiger partial charge >= 0.3 is 17.1 Å². The van der Waals surface area contributed by atoms with Gasteiger partial charge in [0.05, 0.1) is 19.8 Å². The molecule has 0 amide bonds. The molecular weight excluding hydrogens is 417 g/mol. The van der Waals surface area contributed by atoms with E-state index in [2.05, 4.69) is 58.9 Å². The fourth-order valence-electron chi connectivity index (χ4n) is 2.95. The van der Waals surface area contributed by atoms with Crippen molar-refractivity contribution in [1.82, 2.24) is 0 Å². The van der Waals surface area contributed by atoms with Gasteiger partial charge < -0.3 is 32.0 Å². The van der Waals surface area contributed by atoms with Gasteiger partial charge in [-0.25, -0.2) is 0 Å². The van der Waals surface area contributed by atoms with Crippen molar-refractivity contribution in [2.75, 3.05) is 26.4 Å². The van der Waals surface area contributed by atoms with Crippen LogP contribution < -0.4 is 0 Å². The molecule has 0 aromatic heterocycles. The fourth-order valence-corrected chi connectivity index (χ4v) is 20.9. The van der Waals surface area contributed by atoms with E-state index in [4.69, 9.17) is 32.0 Å². The molecule has 0 saturated carbocycles. The highest BCUT2D eigenvalue weighted by Gasteiger charge is 2.44. The average molecular weight is 459 g/mol. The molecule has 0 aliphatic carbocycles. The van der Waals surface area contributed by atoms with Crippen LogP contribution in [0.3, 0.4) is 0 Å². The minimum atomic E-state index is -2.37. The molecule has 11 heteroatoms. The van der Waals surface area contributed by atoms with Gasteiger partial charge in [-0.1, -0.05) is 0 Å². The maximum Gasteiger partial charge on any atom is 0.315 e. The van der Waals surface area contributed by atoms with Gasteiger partial charge in [-0.15, -0.1) is 0 Å². The number of hydrogen-bond donors (Lipinski definition) is 2. The highest BCUT2D eigenvalue weighted by molar-refractivity contribution is 6.89. The normalized spacial score (nSPS) is 16.0. The van der Waals surface area contributed by atoms with Gasteiger partial charge in [-0.05, 0) is 71.4 Å². The summed E-state index contributed by atoms with van der Waals surface area (Å²) in [5, 5.41) is 17.4. The molecule has 0 heterocycles. The number of aliphatic hydroxyl groups excluding tert-OH is 1. The second kappa shape index (κ2) is 11.7. The third-order valence-electron chi connectivity index (χ3n) is 3.09. The van der Waals surface area contributed by atoms with Crippen molar-refractivity contribution in [3.63, 3.8) is 0 Å². The fraction of sp³-hybridized carbons (Fsp3) is 1.00. The summed E-state index contributed by atoms with van der Waals surface area (Å²) in [6.07, 6.45) is -0.578. The first-order valence-corrected chi connectivity index (χ1v) is 21.8. The van der Waals surface area contributed by atoms with Gasteiger partial charge in [-0.2, -0.15) is 0 Å². The zero-order valence-corrected chi connectivity index (χ0v) is 22.8. The van der Waals surface area contributed by atoms with Crippen LogP contribution in [0.25, 0.3) is 0 Å². The van der Waals surface area contributed by atoms with Gasteiger partial charge in [-0.3, -0.25) is 0 Å². The second-order valence-corrected chi connectivity index (χ2v) is 25.8. The summed E-state index contributed by atoms with van der Waals surface area (Å²) in [4.78, 5) is 0. The Morgan fingerprint density at radius 3 is 1.67 bits per heavy atom. The standard InChI is InChI=1S/C16H42O7Si4/c1-24(2,3)21-26(7,8)23-27(9,22-25(4,5)6)14-10-11-19-12-13-20-15-16(17)18/h16-18H,10-15H2,1-9H3. The highest BCUT2D eigenvalue weighted by atomic mass is 28.5. The van der Waals surface area contributed by atoms with Crippen LogP contribution in [0.1, 0.15) is 6.42 Å². The molecule has 0 fully saturated rings. The molecule has 27 heavy (non-hydrogen) atoms. The Morgan fingerprint density at radius 1 is 0.667 bits per heavy atom. The van der Waals surface area contributed by atoms with Gasteiger partial charge in [0.25, 0.3) is 0 Å². The van der Waals surface area contributed by atoms with E-state index in [-0.39, 0.29) is 6.61 Å². The third-order valence-corrected chi connectivity index (χ3v) is 16.6. The highest BCUT2D eigenvalue weighted by Crippen LogP contribution is 2.27. The van der Waals surface area contributed by atoms with Crippen LogP contribution in [0.15, 0.2) is 0 Å². The summed E-state index contributed by atoms with van der Waals surface area (Å²) in [6.45, 7) is 20.8. The number of rotatable bonds is 15. The molecule has 1 atom stereocenters. The van der Waals surface area contributed by atoms with Crippen molar-refractivity contribution < 1.29 is 32.0 Å². The van der Waals surface area contributed by atoms with E-state index in [9.17, 15) is 0 Å². The summed E-state index contributed by atoms with van der Waals surface area (Å²) in [5.41, 5.74) is 0. The molecule has 0 spiro atoms. The first kappa shape index (κ1) is 27.6. The number of hydrogen-bond acceptors (Lipinski definition) is 7. The molecule has 0 aliphatic heterocycles. The van der Waals surface area contributed by atoms with E-state index in [1.54, 1.807) is 0 Å². The minimum Gasteiger partial charge on any atom is -0.437 e. The second-order valence-electron chi connectivity index (χ2n) is 9.34. The Balaban J connectivity index is 4.54. The molecule has 164 valence electrons. The van der Waals surface area contributed by atoms with Crippen molar-refractivity contribution in [1.29, 1.82) is 0 Å². The molecule has 0 rings (SSSR count). The summed E-state index contributed by atoms with van der Waals surface area (Å²) in [7, 11) is -8.04. The zero-order chi connectivity index (χ0) is 21.4. The van der Waals surface area contributed by atoms with E-state index in [0.29, 0.717) is 19.8 Å². The average Bonchev–Trinajstić information content (AvgIpc) is 2.35. The smallest absolute Gasteiger partial charge is 0.315 e. The first-order chi connectivity index (χ1) is 12.0. The van der Waals surface area contributed by atoms with E-state index in [0.717, 1.165) is 12.5 Å². The van der Waals surface area contributed by atoms with Crippen LogP contribution >= 0.6 is 0 Å². The lowest BCUT2D eigenvalue weighted by Gasteiger charge is -2.41. The third kappa shape index (κ3) is 17.2. The number of aliphatic hydroxyl groups is 2. The lowest BCUT2D eigenvalue weighted by molar-refractivity contribution is -0.100. The molecular formula is C16H42O7Si4. The number of ether oxygens (including phenoxy) is 2. The van der Waals surface area contributed by atoms with Crippen LogP contribution in [0.4, 0.5) is 0 Å². The Hall–Kier alpha value is 0.588. The maximum absolute atomic E-state index is 8.70. The summed E-state index contributed by atoms with van der Waals surface area (Å²) in [5.74, 6) is 0. The minimum absolute atomic E-state index is 0.0942. The molecule has 0 aromatic carbocycles. The predicted octanol–water partition coefficient (Wildman–Crippen LogP) is 3.21. The SMILES string of the molecule is C[Si](C)(C)O[Si](C)(C)O[Si](C)(CCCOCCOCC(O)O)O[Si](C)(C)C. The van der Waals surface area contributed by atoms with Crippen LogP contribution in [0.2, 0.25) is 65.0 Å². The van der Waals surface area contributed by atoms with E-state index in [1.807, 2.05) is 0 Å². The molecule has 7 nitrogen and oxygen atoms in total. The lowest BCUT2D eigenvalue weighted by atomic mass is 10.5. The summed E-state index contributed by atoms with van der Waals surface area (Å²) < 4.78 is 30.1. The first-order valence-electron chi connectivity index (χ1n) is 9.66. The Bertz CT molecular complexity index is 411. The Morgan fingerprint density at radius 2 is 1.19 bits per heavy atom. The van der Waals surface area contributed by atoms with Crippen LogP contribution in [0.5, 0.6) is 0 Å². The van der Waals surface area contributed by atoms with E-state index >= 15 is 0 Å². The Labute approximate surface area is 170 Å². The van der Waals surface area contributed by atoms with Gasteiger partial charge in [0, 0.05) is 6.61 Å². The Kier molecular flexibility index (Phi) is 11.9. The lowest BCUT2D eigenvalue weighted by Crippen LogP contribution is -2.56. The van der Waals surface area contributed by atoms with Crippen LogP contribution in [-0.2, 0) is 21.8 Å². The van der Waals surface area contributed by atoms with Gasteiger partial charge in [0.2, 0.25) is 0 Å². The van der Waals surface area contributed by atoms with Crippen LogP contribution in [0, 0.1) is 0 Å². The maximum atomic E-state index is 8.70. The van der Waals surface area contributed by atoms with Gasteiger partial charge in [0.1, 0.15) is 0 Å². The van der Waals surface area contributed by atoms with Crippen LogP contribution in [-0.4, -0.2) is 76.7 Å².